The molecule has 4 N–H and O–H groups in total. The average Bonchev–Trinajstić information content (AvgIpc) is 2.67. The molecule has 7 nitrogen and oxygen atoms in total. The second kappa shape index (κ2) is 10.4. The zero-order valence-electron chi connectivity index (χ0n) is 15.3. The summed E-state index contributed by atoms with van der Waals surface area (Å²) in [6.07, 6.45) is 0.980. The van der Waals surface area contributed by atoms with E-state index in [9.17, 15) is 9.90 Å². The first-order valence-corrected chi connectivity index (χ1v) is 8.84. The molecule has 2 aromatic rings. The van der Waals surface area contributed by atoms with Crippen LogP contribution >= 0.6 is 0 Å². The fraction of sp³-hybridized carbons (Fsp3) is 0.368. The van der Waals surface area contributed by atoms with Crippen LogP contribution in [0.4, 0.5) is 22.0 Å². The lowest BCUT2D eigenvalue weighted by Crippen LogP contribution is -2.41. The van der Waals surface area contributed by atoms with E-state index in [-0.39, 0.29) is 12.6 Å². The number of pyridine rings is 1. The van der Waals surface area contributed by atoms with Gasteiger partial charge in [-0.05, 0) is 37.4 Å². The standard InChI is InChI=1S/C19H27N5O2/c1-3-24(4-2)14-17(25)13-21-19(26)23-16-10-11-18(20-12-16)22-15-8-6-5-7-9-15/h5-12,17,25H,3-4,13-14H2,1-2H3,(H,20,22)(H2,21,23,26). The van der Waals surface area contributed by atoms with Gasteiger partial charge in [-0.2, -0.15) is 0 Å². The quantitative estimate of drug-likeness (QED) is 0.554. The number of anilines is 3. The van der Waals surface area contributed by atoms with Crippen LogP contribution in [-0.4, -0.2) is 53.3 Å². The van der Waals surface area contributed by atoms with Gasteiger partial charge >= 0.3 is 6.03 Å². The number of nitrogens with zero attached hydrogens (tertiary/aromatic N) is 2. The molecule has 0 aliphatic heterocycles. The minimum atomic E-state index is -0.601. The number of para-hydroxylation sites is 1. The Morgan fingerprint density at radius 1 is 1.12 bits per heavy atom. The Morgan fingerprint density at radius 3 is 2.46 bits per heavy atom. The van der Waals surface area contributed by atoms with Gasteiger partial charge in [0.1, 0.15) is 5.82 Å². The molecule has 140 valence electrons. The molecule has 1 aromatic carbocycles. The van der Waals surface area contributed by atoms with Gasteiger partial charge in [-0.15, -0.1) is 0 Å². The van der Waals surface area contributed by atoms with Crippen LogP contribution in [0.5, 0.6) is 0 Å². The number of aliphatic hydroxyl groups is 1. The van der Waals surface area contributed by atoms with Gasteiger partial charge in [0, 0.05) is 18.8 Å². The SMILES string of the molecule is CCN(CC)CC(O)CNC(=O)Nc1ccc(Nc2ccccc2)nc1. The lowest BCUT2D eigenvalue weighted by atomic mass is 10.3. The molecule has 0 radical (unpaired) electrons. The number of urea groups is 1. The van der Waals surface area contributed by atoms with Crippen LogP contribution in [0, 0.1) is 0 Å². The summed E-state index contributed by atoms with van der Waals surface area (Å²) in [5.41, 5.74) is 1.53. The molecule has 0 bridgehead atoms. The maximum absolute atomic E-state index is 11.9. The number of nitrogens with one attached hydrogen (secondary N) is 3. The molecule has 1 heterocycles. The summed E-state index contributed by atoms with van der Waals surface area (Å²) < 4.78 is 0. The molecule has 2 rings (SSSR count). The van der Waals surface area contributed by atoms with Crippen LogP contribution in [0.25, 0.3) is 0 Å². The summed E-state index contributed by atoms with van der Waals surface area (Å²) in [7, 11) is 0. The third-order valence-electron chi connectivity index (χ3n) is 3.93. The number of aromatic nitrogens is 1. The van der Waals surface area contributed by atoms with Crippen molar-refractivity contribution in [2.24, 2.45) is 0 Å². The molecule has 0 fully saturated rings. The number of carbonyl (C=O) groups is 1. The largest absolute Gasteiger partial charge is 0.390 e. The van der Waals surface area contributed by atoms with Gasteiger partial charge in [-0.1, -0.05) is 32.0 Å². The van der Waals surface area contributed by atoms with E-state index in [1.54, 1.807) is 18.3 Å². The Bertz CT molecular complexity index is 659. The Kier molecular flexibility index (Phi) is 7.85. The third kappa shape index (κ3) is 6.70. The Morgan fingerprint density at radius 2 is 1.85 bits per heavy atom. The monoisotopic (exact) mass is 357 g/mol. The van der Waals surface area contributed by atoms with Gasteiger partial charge in [0.25, 0.3) is 0 Å². The highest BCUT2D eigenvalue weighted by Crippen LogP contribution is 2.15. The van der Waals surface area contributed by atoms with E-state index >= 15 is 0 Å². The van der Waals surface area contributed by atoms with Crippen LogP contribution in [0.1, 0.15) is 13.8 Å². The number of amides is 2. The summed E-state index contributed by atoms with van der Waals surface area (Å²) in [6.45, 7) is 6.56. The lowest BCUT2D eigenvalue weighted by molar-refractivity contribution is 0.118. The number of aliphatic hydroxyl groups excluding tert-OH is 1. The van der Waals surface area contributed by atoms with Gasteiger partial charge in [0.15, 0.2) is 0 Å². The van der Waals surface area contributed by atoms with Crippen molar-refractivity contribution in [1.82, 2.24) is 15.2 Å². The maximum Gasteiger partial charge on any atom is 0.319 e. The van der Waals surface area contributed by atoms with Crippen LogP contribution < -0.4 is 16.0 Å². The fourth-order valence-corrected chi connectivity index (χ4v) is 2.44. The molecule has 1 aromatic heterocycles. The fourth-order valence-electron chi connectivity index (χ4n) is 2.44. The van der Waals surface area contributed by atoms with E-state index in [0.29, 0.717) is 18.1 Å². The Hall–Kier alpha value is -2.64. The minimum absolute atomic E-state index is 0.198. The number of hydrogen-bond acceptors (Lipinski definition) is 5. The van der Waals surface area contributed by atoms with E-state index in [1.165, 1.54) is 0 Å². The average molecular weight is 357 g/mol. The summed E-state index contributed by atoms with van der Waals surface area (Å²) >= 11 is 0. The predicted molar refractivity (Wildman–Crippen MR) is 105 cm³/mol. The molecule has 26 heavy (non-hydrogen) atoms. The van der Waals surface area contributed by atoms with Gasteiger partial charge in [-0.3, -0.25) is 0 Å². The highest BCUT2D eigenvalue weighted by atomic mass is 16.3. The van der Waals surface area contributed by atoms with Crippen LogP contribution in [0.15, 0.2) is 48.7 Å². The van der Waals surface area contributed by atoms with Gasteiger partial charge in [0.2, 0.25) is 0 Å². The minimum Gasteiger partial charge on any atom is -0.390 e. The first-order valence-electron chi connectivity index (χ1n) is 8.84. The van der Waals surface area contributed by atoms with E-state index in [2.05, 4.69) is 25.8 Å². The Labute approximate surface area is 154 Å². The van der Waals surface area contributed by atoms with E-state index < -0.39 is 6.10 Å². The summed E-state index contributed by atoms with van der Waals surface area (Å²) in [6, 6.07) is 12.9. The second-order valence-electron chi connectivity index (χ2n) is 5.90. The summed E-state index contributed by atoms with van der Waals surface area (Å²) in [5.74, 6) is 0.691. The number of carbonyl (C=O) groups excluding carboxylic acids is 1. The first kappa shape index (κ1) is 19.7. The normalized spacial score (nSPS) is 11.8. The highest BCUT2D eigenvalue weighted by molar-refractivity contribution is 5.89. The smallest absolute Gasteiger partial charge is 0.319 e. The molecular formula is C19H27N5O2. The van der Waals surface area contributed by atoms with Crippen molar-refractivity contribution < 1.29 is 9.90 Å². The Balaban J connectivity index is 1.76. The predicted octanol–water partition coefficient (Wildman–Crippen LogP) is 2.65. The van der Waals surface area contributed by atoms with Gasteiger partial charge in [0.05, 0.1) is 18.0 Å². The van der Waals surface area contributed by atoms with Crippen molar-refractivity contribution in [2.45, 2.75) is 20.0 Å². The maximum atomic E-state index is 11.9. The summed E-state index contributed by atoms with van der Waals surface area (Å²) in [5, 5.41) is 18.5. The molecule has 0 saturated heterocycles. The van der Waals surface area contributed by atoms with Crippen LogP contribution in [0.2, 0.25) is 0 Å². The highest BCUT2D eigenvalue weighted by Gasteiger charge is 2.10. The molecule has 0 aliphatic rings. The second-order valence-corrected chi connectivity index (χ2v) is 5.90. The topological polar surface area (TPSA) is 89.5 Å². The zero-order chi connectivity index (χ0) is 18.8. The molecule has 1 atom stereocenters. The third-order valence-corrected chi connectivity index (χ3v) is 3.93. The molecule has 2 amide bonds. The van der Waals surface area contributed by atoms with Crippen LogP contribution in [-0.2, 0) is 0 Å². The molecule has 0 saturated carbocycles. The summed E-state index contributed by atoms with van der Waals surface area (Å²) in [4.78, 5) is 18.3. The lowest BCUT2D eigenvalue weighted by Gasteiger charge is -2.22. The molecule has 0 spiro atoms. The zero-order valence-corrected chi connectivity index (χ0v) is 15.3. The van der Waals surface area contributed by atoms with Crippen molar-refractivity contribution >= 4 is 23.2 Å². The molecule has 1 unspecified atom stereocenters. The van der Waals surface area contributed by atoms with Crippen molar-refractivity contribution in [3.63, 3.8) is 0 Å². The number of likely N-dealkylation sites (N-methyl/N-ethyl adjacent to an activating group) is 1. The van der Waals surface area contributed by atoms with E-state index in [0.717, 1.165) is 18.8 Å². The first-order chi connectivity index (χ1) is 12.6. The van der Waals surface area contributed by atoms with Crippen molar-refractivity contribution in [2.75, 3.05) is 36.8 Å². The van der Waals surface area contributed by atoms with Crippen molar-refractivity contribution in [3.05, 3.63) is 48.7 Å². The number of rotatable bonds is 9. The van der Waals surface area contributed by atoms with E-state index in [4.69, 9.17) is 0 Å². The molecular weight excluding hydrogens is 330 g/mol. The number of benzene rings is 1. The van der Waals surface area contributed by atoms with Crippen LogP contribution in [0.3, 0.4) is 0 Å². The van der Waals surface area contributed by atoms with Gasteiger partial charge in [-0.25, -0.2) is 9.78 Å². The van der Waals surface area contributed by atoms with E-state index in [1.807, 2.05) is 44.2 Å². The molecule has 7 heteroatoms. The van der Waals surface area contributed by atoms with Crippen molar-refractivity contribution in [1.29, 1.82) is 0 Å². The van der Waals surface area contributed by atoms with Crippen molar-refractivity contribution in [3.8, 4) is 0 Å². The molecule has 0 aliphatic carbocycles. The van der Waals surface area contributed by atoms with Gasteiger partial charge < -0.3 is 26.0 Å². The number of hydrogen-bond donors (Lipinski definition) is 4.